The van der Waals surface area contributed by atoms with Gasteiger partial charge in [0.25, 0.3) is 0 Å². The lowest BCUT2D eigenvalue weighted by atomic mass is 10.0. The molecule has 302 valence electrons. The molecule has 0 bridgehead atoms. The van der Waals surface area contributed by atoms with Gasteiger partial charge >= 0.3 is 17.9 Å². The van der Waals surface area contributed by atoms with Gasteiger partial charge in [0.05, 0.1) is 34.4 Å². The van der Waals surface area contributed by atoms with Crippen molar-refractivity contribution in [3.63, 3.8) is 0 Å². The molecule has 8 nitrogen and oxygen atoms in total. The molecule has 0 saturated carbocycles. The van der Waals surface area contributed by atoms with Crippen molar-refractivity contribution >= 4 is 17.9 Å². The zero-order chi connectivity index (χ0) is 37.8. The molecule has 0 rings (SSSR count). The molecule has 0 heterocycles. The van der Waals surface area contributed by atoms with E-state index in [1.54, 1.807) is 0 Å². The van der Waals surface area contributed by atoms with Gasteiger partial charge < -0.3 is 23.8 Å². The minimum absolute atomic E-state index is 0.0426. The molecule has 0 aromatic rings. The van der Waals surface area contributed by atoms with Gasteiger partial charge in [0, 0.05) is 19.3 Å². The highest BCUT2D eigenvalue weighted by atomic mass is 16.6. The summed E-state index contributed by atoms with van der Waals surface area (Å²) in [4.78, 5) is 36.8. The van der Waals surface area contributed by atoms with E-state index in [9.17, 15) is 19.5 Å². The molecule has 0 radical (unpaired) electrons. The minimum atomic E-state index is -0.871. The van der Waals surface area contributed by atoms with Crippen LogP contribution in [0.2, 0.25) is 0 Å². The Kier molecular flexibility index (Phi) is 34.2. The molecule has 0 amide bonds. The van der Waals surface area contributed by atoms with E-state index in [1.807, 2.05) is 21.1 Å². The number of unbranched alkanes of at least 4 members (excludes halogenated alkanes) is 25. The summed E-state index contributed by atoms with van der Waals surface area (Å²) in [7, 11) is 5.53. The Balaban J connectivity index is 4.28. The monoisotopic (exact) mass is 727 g/mol. The number of quaternary nitrogens is 1. The Labute approximate surface area is 315 Å². The highest BCUT2D eigenvalue weighted by Gasteiger charge is 2.31. The van der Waals surface area contributed by atoms with Gasteiger partial charge in [-0.05, 0) is 12.8 Å². The summed E-state index contributed by atoms with van der Waals surface area (Å²) in [6.45, 7) is 4.75. The lowest BCUT2D eigenvalue weighted by Gasteiger charge is -2.31. The van der Waals surface area contributed by atoms with Crippen LogP contribution in [0.25, 0.3) is 0 Å². The summed E-state index contributed by atoms with van der Waals surface area (Å²) >= 11 is 0. The fourth-order valence-electron chi connectivity index (χ4n) is 6.62. The van der Waals surface area contributed by atoms with Crippen LogP contribution in [0.4, 0.5) is 0 Å². The number of carbonyl (C=O) groups is 3. The fraction of sp³-hybridized carbons (Fsp3) is 0.930. The Morgan fingerprint density at radius 1 is 0.510 bits per heavy atom. The Hall–Kier alpha value is -1.67. The van der Waals surface area contributed by atoms with Gasteiger partial charge in [-0.15, -0.1) is 0 Å². The highest BCUT2D eigenvalue weighted by Crippen LogP contribution is 2.16. The quantitative estimate of drug-likeness (QED) is 0.0382. The van der Waals surface area contributed by atoms with Gasteiger partial charge in [-0.2, -0.15) is 0 Å². The molecular weight excluding hydrogens is 642 g/mol. The Morgan fingerprint density at radius 2 is 0.863 bits per heavy atom. The Morgan fingerprint density at radius 3 is 1.22 bits per heavy atom. The standard InChI is InChI=1S/C43H83NO7/c1-6-8-10-12-14-16-18-19-20-21-22-23-24-26-28-30-32-34-42(46)51-39(37-49-36-35-40(43(47)48)44(3,4)5)38-50-41(45)33-31-29-27-25-17-15-13-11-9-7-2/h39-40H,6-38H2,1-5H3/p+1. The van der Waals surface area contributed by atoms with E-state index in [4.69, 9.17) is 14.2 Å². The van der Waals surface area contributed by atoms with E-state index in [-0.39, 0.29) is 36.2 Å². The molecule has 1 N–H and O–H groups in total. The third-order valence-electron chi connectivity index (χ3n) is 10.0. The van der Waals surface area contributed by atoms with Crippen molar-refractivity contribution in [3.05, 3.63) is 0 Å². The van der Waals surface area contributed by atoms with E-state index in [1.165, 1.54) is 135 Å². The molecule has 0 aromatic heterocycles. The molecule has 0 saturated heterocycles. The number of aliphatic carboxylic acids is 1. The SMILES string of the molecule is CCCCCCCCCCCCCCCCCCCC(=O)OC(COCCC(C(=O)O)[N+](C)(C)C)COC(=O)CCCCCCCCCCCC. The lowest BCUT2D eigenvalue weighted by Crippen LogP contribution is -2.50. The van der Waals surface area contributed by atoms with E-state index < -0.39 is 18.1 Å². The second-order valence-electron chi connectivity index (χ2n) is 16.0. The number of nitrogens with zero attached hydrogens (tertiary/aromatic N) is 1. The predicted octanol–water partition coefficient (Wildman–Crippen LogP) is 11.4. The van der Waals surface area contributed by atoms with Crippen LogP contribution < -0.4 is 0 Å². The molecule has 0 spiro atoms. The summed E-state index contributed by atoms with van der Waals surface area (Å²) in [6.07, 6.45) is 34.2. The molecule has 0 aromatic carbocycles. The molecule has 51 heavy (non-hydrogen) atoms. The van der Waals surface area contributed by atoms with Crippen molar-refractivity contribution in [1.82, 2.24) is 0 Å². The summed E-state index contributed by atoms with van der Waals surface area (Å²) in [6, 6.07) is -0.607. The van der Waals surface area contributed by atoms with Gasteiger partial charge in [-0.3, -0.25) is 9.59 Å². The largest absolute Gasteiger partial charge is 0.477 e. The maximum Gasteiger partial charge on any atom is 0.362 e. The average Bonchev–Trinajstić information content (AvgIpc) is 3.08. The molecule has 8 heteroatoms. The number of hydrogen-bond donors (Lipinski definition) is 1. The second-order valence-corrected chi connectivity index (χ2v) is 16.0. The van der Waals surface area contributed by atoms with Gasteiger partial charge in [0.2, 0.25) is 0 Å². The topological polar surface area (TPSA) is 99.1 Å². The van der Waals surface area contributed by atoms with Crippen LogP contribution in [0.15, 0.2) is 0 Å². The first-order valence-corrected chi connectivity index (χ1v) is 21.6. The first kappa shape index (κ1) is 49.3. The maximum atomic E-state index is 12.7. The molecule has 0 fully saturated rings. The number of carbonyl (C=O) groups excluding carboxylic acids is 2. The summed E-state index contributed by atoms with van der Waals surface area (Å²) in [5, 5.41) is 9.60. The van der Waals surface area contributed by atoms with Crippen LogP contribution >= 0.6 is 0 Å². The molecule has 0 aliphatic heterocycles. The summed E-state index contributed by atoms with van der Waals surface area (Å²) in [5.41, 5.74) is 0. The normalized spacial score (nSPS) is 12.9. The number of esters is 2. The number of rotatable bonds is 39. The minimum Gasteiger partial charge on any atom is -0.477 e. The second kappa shape index (κ2) is 35.4. The maximum absolute atomic E-state index is 12.7. The van der Waals surface area contributed by atoms with E-state index >= 15 is 0 Å². The van der Waals surface area contributed by atoms with Crippen LogP contribution in [0, 0.1) is 0 Å². The smallest absolute Gasteiger partial charge is 0.362 e. The number of carboxylic acid groups (broad SMARTS) is 1. The third kappa shape index (κ3) is 33.9. The molecule has 0 aliphatic carbocycles. The van der Waals surface area contributed by atoms with Crippen molar-refractivity contribution < 1.29 is 38.2 Å². The zero-order valence-corrected chi connectivity index (χ0v) is 34.3. The van der Waals surface area contributed by atoms with Crippen LogP contribution in [0.3, 0.4) is 0 Å². The molecule has 2 unspecified atom stereocenters. The van der Waals surface area contributed by atoms with E-state index in [0.717, 1.165) is 38.5 Å². The van der Waals surface area contributed by atoms with Crippen molar-refractivity contribution in [1.29, 1.82) is 0 Å². The summed E-state index contributed by atoms with van der Waals surface area (Å²) < 4.78 is 17.3. The van der Waals surface area contributed by atoms with Crippen LogP contribution in [-0.2, 0) is 28.6 Å². The van der Waals surface area contributed by atoms with Gasteiger partial charge in [-0.1, -0.05) is 174 Å². The highest BCUT2D eigenvalue weighted by molar-refractivity contribution is 5.72. The van der Waals surface area contributed by atoms with Gasteiger partial charge in [0.1, 0.15) is 6.61 Å². The first-order valence-electron chi connectivity index (χ1n) is 21.6. The van der Waals surface area contributed by atoms with Crippen LogP contribution in [0.5, 0.6) is 0 Å². The molecular formula is C43H84NO7+. The molecule has 0 aliphatic rings. The number of hydrogen-bond acceptors (Lipinski definition) is 6. The lowest BCUT2D eigenvalue weighted by molar-refractivity contribution is -0.887. The first-order chi connectivity index (χ1) is 24.6. The number of likely N-dealkylation sites (N-methyl/N-ethyl adjacent to an activating group) is 1. The third-order valence-corrected chi connectivity index (χ3v) is 10.0. The number of carboxylic acids is 1. The average molecular weight is 727 g/mol. The van der Waals surface area contributed by atoms with Crippen LogP contribution in [-0.4, -0.2) is 80.6 Å². The predicted molar refractivity (Wildman–Crippen MR) is 211 cm³/mol. The van der Waals surface area contributed by atoms with E-state index in [2.05, 4.69) is 13.8 Å². The Bertz CT molecular complexity index is 813. The van der Waals surface area contributed by atoms with Crippen molar-refractivity contribution in [2.45, 2.75) is 219 Å². The fourth-order valence-corrected chi connectivity index (χ4v) is 6.62. The van der Waals surface area contributed by atoms with Crippen molar-refractivity contribution in [2.24, 2.45) is 0 Å². The molecule has 2 atom stereocenters. The number of ether oxygens (including phenoxy) is 3. The van der Waals surface area contributed by atoms with Gasteiger partial charge in [-0.25, -0.2) is 4.79 Å². The summed E-state index contributed by atoms with van der Waals surface area (Å²) in [5.74, 6) is -1.45. The van der Waals surface area contributed by atoms with E-state index in [0.29, 0.717) is 19.3 Å². The van der Waals surface area contributed by atoms with Crippen LogP contribution in [0.1, 0.15) is 206 Å². The van der Waals surface area contributed by atoms with Crippen molar-refractivity contribution in [2.75, 3.05) is 41.0 Å². The van der Waals surface area contributed by atoms with Crippen molar-refractivity contribution in [3.8, 4) is 0 Å². The van der Waals surface area contributed by atoms with Gasteiger partial charge in [0.15, 0.2) is 12.1 Å². The zero-order valence-electron chi connectivity index (χ0n) is 34.3.